The second-order valence-corrected chi connectivity index (χ2v) is 17.3. The minimum Gasteiger partial charge on any atom is -0.310 e. The van der Waals surface area contributed by atoms with Crippen molar-refractivity contribution < 1.29 is 13.2 Å². The molecule has 0 N–H and O–H groups in total. The van der Waals surface area contributed by atoms with Crippen LogP contribution in [0.5, 0.6) is 0 Å². The van der Waals surface area contributed by atoms with Gasteiger partial charge < -0.3 is 9.80 Å². The molecule has 0 spiro atoms. The smallest absolute Gasteiger partial charge is 0.310 e. The van der Waals surface area contributed by atoms with Gasteiger partial charge in [0.1, 0.15) is 0 Å². The fraction of sp³-hybridized carbons (Fsp3) is 0.208. The summed E-state index contributed by atoms with van der Waals surface area (Å²) in [5.74, 6) is 0. The summed E-state index contributed by atoms with van der Waals surface area (Å²) in [5, 5.41) is 0. The Labute approximate surface area is 340 Å². The second-order valence-electron chi connectivity index (χ2n) is 17.3. The van der Waals surface area contributed by atoms with E-state index < -0.39 is 11.7 Å². The average molecular weight is 769 g/mol. The molecule has 0 aromatic heterocycles. The number of anilines is 6. The Morgan fingerprint density at radius 1 is 0.379 bits per heavy atom. The van der Waals surface area contributed by atoms with Gasteiger partial charge in [0.15, 0.2) is 0 Å². The van der Waals surface area contributed by atoms with Crippen molar-refractivity contribution in [1.82, 2.24) is 0 Å². The molecule has 0 bridgehead atoms. The monoisotopic (exact) mass is 768 g/mol. The van der Waals surface area contributed by atoms with E-state index in [9.17, 15) is 13.2 Å². The Balaban J connectivity index is 1.15. The van der Waals surface area contributed by atoms with Crippen molar-refractivity contribution in [2.24, 2.45) is 0 Å². The quantitative estimate of drug-likeness (QED) is 0.166. The maximum Gasteiger partial charge on any atom is 0.416 e. The third-order valence-electron chi connectivity index (χ3n) is 12.6. The standard InChI is InChI=1S/C53H47F3N2/c1-32-9-17-37(18-10-32)57(40-23-15-36(16-24-40)53(54,55)56)41-25-26-43-44-30-48-45(31-47(44)51(5,6)46(43)28-41)50-35(4)27-42(29-49(50)52(48,7)8)58(38-19-11-33(2)12-20-38)39-21-13-34(3)14-22-39/h9-31H,1-8H3. The van der Waals surface area contributed by atoms with Crippen molar-refractivity contribution in [3.63, 3.8) is 0 Å². The third kappa shape index (κ3) is 6.02. The molecule has 5 heteroatoms. The predicted molar refractivity (Wildman–Crippen MR) is 235 cm³/mol. The van der Waals surface area contributed by atoms with Gasteiger partial charge in [-0.15, -0.1) is 0 Å². The molecule has 0 saturated carbocycles. The zero-order valence-corrected chi connectivity index (χ0v) is 34.3. The number of fused-ring (bicyclic) bond motifs is 6. The topological polar surface area (TPSA) is 6.48 Å². The van der Waals surface area contributed by atoms with Crippen molar-refractivity contribution >= 4 is 34.1 Å². The third-order valence-corrected chi connectivity index (χ3v) is 12.6. The number of halogens is 3. The van der Waals surface area contributed by atoms with Crippen LogP contribution < -0.4 is 9.80 Å². The summed E-state index contributed by atoms with van der Waals surface area (Å²) in [6.07, 6.45) is -4.41. The molecule has 9 rings (SSSR count). The van der Waals surface area contributed by atoms with Gasteiger partial charge in [0.2, 0.25) is 0 Å². The first-order valence-electron chi connectivity index (χ1n) is 20.0. The van der Waals surface area contributed by atoms with E-state index >= 15 is 0 Å². The SMILES string of the molecule is Cc1ccc(N(c2ccc(C(F)(F)F)cc2)c2ccc3c(c2)C(C)(C)c2cc4c(cc2-3)C(C)(C)c2cc(N(c3ccc(C)cc3)c3ccc(C)cc3)cc(C)c2-4)cc1. The molecule has 2 aliphatic rings. The Morgan fingerprint density at radius 2 is 0.759 bits per heavy atom. The van der Waals surface area contributed by atoms with E-state index in [0.717, 1.165) is 46.1 Å². The lowest BCUT2D eigenvalue weighted by Gasteiger charge is -2.29. The highest BCUT2D eigenvalue weighted by Gasteiger charge is 2.43. The molecular weight excluding hydrogens is 722 g/mol. The highest BCUT2D eigenvalue weighted by atomic mass is 19.4. The first-order valence-corrected chi connectivity index (χ1v) is 20.0. The summed E-state index contributed by atoms with van der Waals surface area (Å²) in [4.78, 5) is 4.42. The molecule has 0 unspecified atom stereocenters. The van der Waals surface area contributed by atoms with Crippen molar-refractivity contribution in [2.45, 2.75) is 72.4 Å². The van der Waals surface area contributed by atoms with E-state index in [2.05, 4.69) is 149 Å². The van der Waals surface area contributed by atoms with Gasteiger partial charge in [-0.3, -0.25) is 0 Å². The van der Waals surface area contributed by atoms with E-state index in [-0.39, 0.29) is 10.8 Å². The van der Waals surface area contributed by atoms with Gasteiger partial charge in [-0.2, -0.15) is 13.2 Å². The zero-order chi connectivity index (χ0) is 40.9. The minimum atomic E-state index is -4.41. The van der Waals surface area contributed by atoms with E-state index in [1.54, 1.807) is 12.1 Å². The van der Waals surface area contributed by atoms with E-state index in [1.807, 2.05) is 31.2 Å². The van der Waals surface area contributed by atoms with Crippen LogP contribution in [0.1, 0.15) is 77.8 Å². The number of aryl methyl sites for hydroxylation is 4. The molecule has 0 aliphatic heterocycles. The Bertz CT molecular complexity index is 2670. The highest BCUT2D eigenvalue weighted by molar-refractivity contribution is 5.93. The normalized spacial score (nSPS) is 14.4. The van der Waals surface area contributed by atoms with Crippen molar-refractivity contribution in [3.8, 4) is 22.3 Å². The molecule has 290 valence electrons. The molecule has 0 heterocycles. The molecule has 0 fully saturated rings. The van der Waals surface area contributed by atoms with Crippen molar-refractivity contribution in [3.05, 3.63) is 190 Å². The Morgan fingerprint density at radius 3 is 1.26 bits per heavy atom. The number of hydrogen-bond acceptors (Lipinski definition) is 2. The fourth-order valence-electron chi connectivity index (χ4n) is 9.30. The number of alkyl halides is 3. The first kappa shape index (κ1) is 37.5. The molecule has 0 atom stereocenters. The fourth-order valence-corrected chi connectivity index (χ4v) is 9.30. The molecular formula is C53H47F3N2. The molecule has 7 aromatic rings. The summed E-state index contributed by atoms with van der Waals surface area (Å²) in [6.45, 7) is 17.8. The lowest BCUT2D eigenvalue weighted by molar-refractivity contribution is -0.137. The van der Waals surface area contributed by atoms with Crippen LogP contribution in [0.25, 0.3) is 22.3 Å². The maximum absolute atomic E-state index is 13.6. The van der Waals surface area contributed by atoms with Crippen LogP contribution in [0.2, 0.25) is 0 Å². The van der Waals surface area contributed by atoms with Gasteiger partial charge in [-0.1, -0.05) is 86.8 Å². The Kier molecular flexibility index (Phi) is 8.56. The zero-order valence-electron chi connectivity index (χ0n) is 34.3. The van der Waals surface area contributed by atoms with Gasteiger partial charge in [0.05, 0.1) is 5.56 Å². The first-order chi connectivity index (χ1) is 27.5. The lowest BCUT2D eigenvalue weighted by Crippen LogP contribution is -2.18. The summed E-state index contributed by atoms with van der Waals surface area (Å²) >= 11 is 0. The van der Waals surface area contributed by atoms with Gasteiger partial charge in [0, 0.05) is 45.0 Å². The predicted octanol–water partition coefficient (Wildman–Crippen LogP) is 15.5. The molecule has 7 aromatic carbocycles. The Hall–Kier alpha value is -6.07. The molecule has 2 aliphatic carbocycles. The summed E-state index contributed by atoms with van der Waals surface area (Å²) in [7, 11) is 0. The molecule has 0 radical (unpaired) electrons. The van der Waals surface area contributed by atoms with Crippen LogP contribution in [-0.4, -0.2) is 0 Å². The minimum absolute atomic E-state index is 0.260. The summed E-state index contributed by atoms with van der Waals surface area (Å²) in [6, 6.07) is 47.3. The van der Waals surface area contributed by atoms with Crippen LogP contribution >= 0.6 is 0 Å². The van der Waals surface area contributed by atoms with Gasteiger partial charge in [-0.05, 0) is 175 Å². The maximum atomic E-state index is 13.6. The van der Waals surface area contributed by atoms with Gasteiger partial charge >= 0.3 is 6.18 Å². The van der Waals surface area contributed by atoms with Crippen LogP contribution in [0.3, 0.4) is 0 Å². The molecule has 2 nitrogen and oxygen atoms in total. The van der Waals surface area contributed by atoms with E-state index in [0.29, 0.717) is 5.69 Å². The number of benzene rings is 7. The lowest BCUT2D eigenvalue weighted by atomic mass is 9.79. The molecule has 0 amide bonds. The van der Waals surface area contributed by atoms with Crippen LogP contribution in [0.4, 0.5) is 47.3 Å². The number of hydrogen-bond donors (Lipinski definition) is 0. The summed E-state index contributed by atoms with van der Waals surface area (Å²) < 4.78 is 40.8. The van der Waals surface area contributed by atoms with Gasteiger partial charge in [0.25, 0.3) is 0 Å². The average Bonchev–Trinajstić information content (AvgIpc) is 3.55. The summed E-state index contributed by atoms with van der Waals surface area (Å²) in [5.41, 5.74) is 19.5. The van der Waals surface area contributed by atoms with Crippen LogP contribution in [0, 0.1) is 27.7 Å². The number of rotatable bonds is 6. The number of nitrogens with zero attached hydrogens (tertiary/aromatic N) is 2. The van der Waals surface area contributed by atoms with Crippen molar-refractivity contribution in [2.75, 3.05) is 9.80 Å². The molecule has 58 heavy (non-hydrogen) atoms. The molecule has 0 saturated heterocycles. The van der Waals surface area contributed by atoms with E-state index in [4.69, 9.17) is 0 Å². The highest BCUT2D eigenvalue weighted by Crippen LogP contribution is 2.58. The van der Waals surface area contributed by atoms with Gasteiger partial charge in [-0.25, -0.2) is 0 Å². The second kappa shape index (κ2) is 13.2. The van der Waals surface area contributed by atoms with Crippen LogP contribution in [0.15, 0.2) is 140 Å². The van der Waals surface area contributed by atoms with E-state index in [1.165, 1.54) is 61.2 Å². The van der Waals surface area contributed by atoms with Crippen LogP contribution in [-0.2, 0) is 17.0 Å². The largest absolute Gasteiger partial charge is 0.416 e. The van der Waals surface area contributed by atoms with Crippen molar-refractivity contribution in [1.29, 1.82) is 0 Å².